The van der Waals surface area contributed by atoms with Crippen LogP contribution >= 0.6 is 0 Å². The molecule has 0 bridgehead atoms. The van der Waals surface area contributed by atoms with Gasteiger partial charge >= 0.3 is 6.18 Å². The van der Waals surface area contributed by atoms with E-state index in [9.17, 15) is 30.8 Å². The van der Waals surface area contributed by atoms with Gasteiger partial charge in [-0.15, -0.1) is 0 Å². The van der Waals surface area contributed by atoms with E-state index in [1.165, 1.54) is 19.1 Å². The second-order valence-electron chi connectivity index (χ2n) is 10.3. The Kier molecular flexibility index (Phi) is 7.98. The standard InChI is InChI=1S/C28H30F4N2O3S/c1-16(21-12-13-23(38(5,36)37)24(29)25(21)33)26(35)34-15-18-8-11-20(28(30,31)32)14-22(18)17-6-9-19(10-7-17)27(2,3)4/h6-14,16H,15,33H2,1-5H3,(H,34,35). The first-order valence-electron chi connectivity index (χ1n) is 11.8. The Hall–Kier alpha value is -3.40. The van der Waals surface area contributed by atoms with E-state index in [1.807, 2.05) is 32.9 Å². The lowest BCUT2D eigenvalue weighted by Gasteiger charge is -2.20. The number of halogens is 4. The minimum Gasteiger partial charge on any atom is -0.396 e. The van der Waals surface area contributed by atoms with Gasteiger partial charge in [0.05, 0.1) is 17.2 Å². The summed E-state index contributed by atoms with van der Waals surface area (Å²) in [4.78, 5) is 12.3. The van der Waals surface area contributed by atoms with Crippen molar-refractivity contribution in [2.45, 2.75) is 56.6 Å². The van der Waals surface area contributed by atoms with E-state index in [4.69, 9.17) is 5.73 Å². The van der Waals surface area contributed by atoms with E-state index in [-0.39, 0.29) is 17.5 Å². The number of amides is 1. The van der Waals surface area contributed by atoms with E-state index in [1.54, 1.807) is 12.1 Å². The number of anilines is 1. The molecule has 0 radical (unpaired) electrons. The minimum atomic E-state index is -4.55. The molecular formula is C28H30F4N2O3S. The summed E-state index contributed by atoms with van der Waals surface area (Å²) < 4.78 is 78.5. The normalized spacial score (nSPS) is 13.3. The van der Waals surface area contributed by atoms with Crippen molar-refractivity contribution < 1.29 is 30.8 Å². The van der Waals surface area contributed by atoms with Crippen LogP contribution in [0, 0.1) is 5.82 Å². The van der Waals surface area contributed by atoms with Crippen LogP contribution in [0.2, 0.25) is 0 Å². The summed E-state index contributed by atoms with van der Waals surface area (Å²) in [6, 6.07) is 12.9. The lowest BCUT2D eigenvalue weighted by atomic mass is 9.86. The zero-order valence-electron chi connectivity index (χ0n) is 21.7. The number of hydrogen-bond acceptors (Lipinski definition) is 4. The molecule has 3 N–H and O–H groups in total. The van der Waals surface area contributed by atoms with Crippen LogP contribution in [0.25, 0.3) is 11.1 Å². The lowest BCUT2D eigenvalue weighted by molar-refractivity contribution is -0.137. The van der Waals surface area contributed by atoms with Crippen LogP contribution in [0.5, 0.6) is 0 Å². The van der Waals surface area contributed by atoms with Gasteiger partial charge in [-0.2, -0.15) is 13.2 Å². The van der Waals surface area contributed by atoms with Crippen molar-refractivity contribution in [1.29, 1.82) is 0 Å². The summed E-state index contributed by atoms with van der Waals surface area (Å²) in [6.07, 6.45) is -3.70. The molecule has 10 heteroatoms. The molecule has 1 atom stereocenters. The maximum absolute atomic E-state index is 14.6. The Balaban J connectivity index is 1.91. The van der Waals surface area contributed by atoms with Crippen molar-refractivity contribution in [1.82, 2.24) is 5.32 Å². The maximum atomic E-state index is 14.6. The van der Waals surface area contributed by atoms with Crippen LogP contribution in [0.15, 0.2) is 59.5 Å². The van der Waals surface area contributed by atoms with Crippen molar-refractivity contribution in [3.63, 3.8) is 0 Å². The molecule has 0 aromatic heterocycles. The first kappa shape index (κ1) is 29.2. The Morgan fingerprint density at radius 1 is 0.974 bits per heavy atom. The zero-order valence-corrected chi connectivity index (χ0v) is 22.5. The highest BCUT2D eigenvalue weighted by Gasteiger charge is 2.31. The fraction of sp³-hybridized carbons (Fsp3) is 0.321. The van der Waals surface area contributed by atoms with Crippen LogP contribution in [-0.2, 0) is 32.8 Å². The van der Waals surface area contributed by atoms with Gasteiger partial charge in [0.1, 0.15) is 4.90 Å². The van der Waals surface area contributed by atoms with E-state index in [0.29, 0.717) is 16.7 Å². The highest BCUT2D eigenvalue weighted by molar-refractivity contribution is 7.90. The first-order valence-corrected chi connectivity index (χ1v) is 13.7. The molecule has 0 fully saturated rings. The fourth-order valence-corrected chi connectivity index (χ4v) is 4.80. The highest BCUT2D eigenvalue weighted by atomic mass is 32.2. The lowest BCUT2D eigenvalue weighted by Crippen LogP contribution is -2.28. The topological polar surface area (TPSA) is 89.3 Å². The van der Waals surface area contributed by atoms with Crippen LogP contribution in [0.3, 0.4) is 0 Å². The summed E-state index contributed by atoms with van der Waals surface area (Å²) in [6.45, 7) is 7.46. The predicted molar refractivity (Wildman–Crippen MR) is 140 cm³/mol. The van der Waals surface area contributed by atoms with E-state index in [2.05, 4.69) is 5.32 Å². The predicted octanol–water partition coefficient (Wildman–Crippen LogP) is 6.21. The average Bonchev–Trinajstić information content (AvgIpc) is 2.81. The van der Waals surface area contributed by atoms with Crippen LogP contribution in [0.4, 0.5) is 23.2 Å². The number of nitrogens with one attached hydrogen (secondary N) is 1. The average molecular weight is 551 g/mol. The molecular weight excluding hydrogens is 520 g/mol. The summed E-state index contributed by atoms with van der Waals surface area (Å²) >= 11 is 0. The third-order valence-electron chi connectivity index (χ3n) is 6.39. The molecule has 1 unspecified atom stereocenters. The van der Waals surface area contributed by atoms with Gasteiger partial charge in [0.25, 0.3) is 0 Å². The Labute approximate surface area is 220 Å². The van der Waals surface area contributed by atoms with Gasteiger partial charge < -0.3 is 11.1 Å². The summed E-state index contributed by atoms with van der Waals surface area (Å²) in [5.41, 5.74) is 6.83. The molecule has 0 aliphatic carbocycles. The summed E-state index contributed by atoms with van der Waals surface area (Å²) in [5.74, 6) is -2.65. The van der Waals surface area contributed by atoms with Crippen molar-refractivity contribution in [3.05, 3.63) is 82.7 Å². The van der Waals surface area contributed by atoms with E-state index >= 15 is 0 Å². The molecule has 0 spiro atoms. The van der Waals surface area contributed by atoms with Gasteiger partial charge in [-0.1, -0.05) is 57.2 Å². The monoisotopic (exact) mass is 550 g/mol. The summed E-state index contributed by atoms with van der Waals surface area (Å²) in [7, 11) is -3.86. The van der Waals surface area contributed by atoms with Gasteiger partial charge in [0.15, 0.2) is 15.7 Å². The van der Waals surface area contributed by atoms with Crippen molar-refractivity contribution >= 4 is 21.4 Å². The smallest absolute Gasteiger partial charge is 0.396 e. The van der Waals surface area contributed by atoms with Crippen molar-refractivity contribution in [3.8, 4) is 11.1 Å². The van der Waals surface area contributed by atoms with Crippen LogP contribution in [-0.4, -0.2) is 20.6 Å². The molecule has 0 aliphatic heterocycles. The number of hydrogen-bond donors (Lipinski definition) is 2. The van der Waals surface area contributed by atoms with Gasteiger partial charge in [-0.3, -0.25) is 4.79 Å². The van der Waals surface area contributed by atoms with Gasteiger partial charge in [0.2, 0.25) is 5.91 Å². The zero-order chi connectivity index (χ0) is 28.6. The second kappa shape index (κ2) is 10.4. The SMILES string of the molecule is CC(C(=O)NCc1ccc(C(F)(F)F)cc1-c1ccc(C(C)(C)C)cc1)c1ccc(S(C)(=O)=O)c(F)c1N. The number of benzene rings is 3. The molecule has 0 heterocycles. The van der Waals surface area contributed by atoms with Gasteiger partial charge in [-0.05, 0) is 58.4 Å². The van der Waals surface area contributed by atoms with E-state index in [0.717, 1.165) is 30.0 Å². The molecule has 0 saturated heterocycles. The molecule has 204 valence electrons. The molecule has 3 rings (SSSR count). The number of nitrogens with two attached hydrogens (primary N) is 1. The molecule has 3 aromatic carbocycles. The van der Waals surface area contributed by atoms with Crippen molar-refractivity contribution in [2.75, 3.05) is 12.0 Å². The van der Waals surface area contributed by atoms with Gasteiger partial charge in [0, 0.05) is 12.8 Å². The third-order valence-corrected chi connectivity index (χ3v) is 7.50. The van der Waals surface area contributed by atoms with Crippen LogP contribution < -0.4 is 11.1 Å². The largest absolute Gasteiger partial charge is 0.416 e. The number of rotatable bonds is 6. The number of carbonyl (C=O) groups is 1. The second-order valence-corrected chi connectivity index (χ2v) is 12.3. The van der Waals surface area contributed by atoms with Crippen molar-refractivity contribution in [2.24, 2.45) is 0 Å². The highest BCUT2D eigenvalue weighted by Crippen LogP contribution is 2.35. The van der Waals surface area contributed by atoms with E-state index < -0.39 is 49.8 Å². The molecule has 0 aliphatic rings. The van der Waals surface area contributed by atoms with Crippen LogP contribution in [0.1, 0.15) is 55.9 Å². The fourth-order valence-electron chi connectivity index (χ4n) is 4.05. The molecule has 5 nitrogen and oxygen atoms in total. The number of carbonyl (C=O) groups excluding carboxylic acids is 1. The molecule has 1 amide bonds. The quantitative estimate of drug-likeness (QED) is 0.282. The Morgan fingerprint density at radius 2 is 1.55 bits per heavy atom. The first-order chi connectivity index (χ1) is 17.4. The number of alkyl halides is 3. The molecule has 0 saturated carbocycles. The number of sulfone groups is 1. The van der Waals surface area contributed by atoms with Gasteiger partial charge in [-0.25, -0.2) is 12.8 Å². The minimum absolute atomic E-state index is 0.0952. The number of nitrogen functional groups attached to an aromatic ring is 1. The third kappa shape index (κ3) is 6.35. The summed E-state index contributed by atoms with van der Waals surface area (Å²) in [5, 5.41) is 2.68. The molecule has 3 aromatic rings. The maximum Gasteiger partial charge on any atom is 0.416 e. The molecule has 38 heavy (non-hydrogen) atoms. The Bertz CT molecular complexity index is 1460. The Morgan fingerprint density at radius 3 is 2.08 bits per heavy atom.